The smallest absolute Gasteiger partial charge is 0.415 e. The monoisotopic (exact) mass is 1160 g/mol. The van der Waals surface area contributed by atoms with Crippen LogP contribution in [0.1, 0.15) is 100 Å². The molecule has 29 nitrogen and oxygen atoms in total. The summed E-state index contributed by atoms with van der Waals surface area (Å²) in [6, 6.07) is 7.01. The second kappa shape index (κ2) is 26.9. The molecule has 0 radical (unpaired) electrons. The van der Waals surface area contributed by atoms with E-state index in [1.807, 2.05) is 22.9 Å². The Balaban J connectivity index is 1.11. The SMILES string of the molecule is CCc1c2c(nc3ccc(OC(=O)N4CCC(N5CCCCC5)CC4)cc13)-c1cc3c(c(=O)n1C2)COC(=O)[C@@]3(CC)OC(=O)CNC(=O)CC(O)C(C(O)CC(=O)NCC(=O)O)(C(O)CC(=O)NCC(=O)O)C(O)CC(=O)NCC(=O)O. The first-order valence-corrected chi connectivity index (χ1v) is 27.2. The van der Waals surface area contributed by atoms with Gasteiger partial charge in [0, 0.05) is 35.6 Å². The number of cyclic esters (lactones) is 1. The Kier molecular flexibility index (Phi) is 20.2. The Morgan fingerprint density at radius 2 is 1.23 bits per heavy atom. The lowest BCUT2D eigenvalue weighted by Crippen LogP contribution is -2.63. The van der Waals surface area contributed by atoms with Gasteiger partial charge < -0.3 is 85.6 Å². The number of aromatic nitrogens is 2. The molecule has 4 aliphatic heterocycles. The van der Waals surface area contributed by atoms with E-state index in [4.69, 9.17) is 34.5 Å². The van der Waals surface area contributed by atoms with Gasteiger partial charge in [0.05, 0.1) is 84.5 Å². The van der Waals surface area contributed by atoms with Crippen LogP contribution in [0.15, 0.2) is 29.1 Å². The Labute approximate surface area is 473 Å². The van der Waals surface area contributed by atoms with Gasteiger partial charge in [-0.05, 0) is 81.4 Å². The quantitative estimate of drug-likeness (QED) is 0.0331. The zero-order valence-corrected chi connectivity index (χ0v) is 45.7. The number of piperidine rings is 2. The van der Waals surface area contributed by atoms with Gasteiger partial charge in [-0.25, -0.2) is 14.6 Å². The Morgan fingerprint density at radius 3 is 1.72 bits per heavy atom. The summed E-state index contributed by atoms with van der Waals surface area (Å²) < 4.78 is 18.6. The number of fused-ring (bicyclic) bond motifs is 5. The van der Waals surface area contributed by atoms with Gasteiger partial charge in [-0.3, -0.25) is 43.2 Å². The van der Waals surface area contributed by atoms with Crippen LogP contribution >= 0.6 is 0 Å². The molecular weight excluding hydrogens is 1100 g/mol. The molecule has 0 aliphatic carbocycles. The van der Waals surface area contributed by atoms with Crippen molar-refractivity contribution in [1.29, 1.82) is 0 Å². The number of benzene rings is 1. The minimum absolute atomic E-state index is 0.0309. The lowest BCUT2D eigenvalue weighted by molar-refractivity contribution is -0.200. The molecule has 450 valence electrons. The maximum atomic E-state index is 14.5. The number of likely N-dealkylation sites (tertiary alicyclic amines) is 2. The number of carboxylic acid groups (broad SMARTS) is 3. The first-order valence-electron chi connectivity index (χ1n) is 27.2. The summed E-state index contributed by atoms with van der Waals surface area (Å²) in [5.41, 5.74) is -3.43. The average molecular weight is 1170 g/mol. The molecule has 5 amide bonds. The molecule has 6 heterocycles. The number of hydrogen-bond acceptors (Lipinski definition) is 20. The molecule has 0 bridgehead atoms. The van der Waals surface area contributed by atoms with Gasteiger partial charge in [-0.2, -0.15) is 0 Å². The molecule has 7 rings (SSSR count). The third kappa shape index (κ3) is 13.9. The Morgan fingerprint density at radius 1 is 0.711 bits per heavy atom. The van der Waals surface area contributed by atoms with E-state index in [9.17, 15) is 73.2 Å². The summed E-state index contributed by atoms with van der Waals surface area (Å²) in [4.78, 5) is 150. The largest absolute Gasteiger partial charge is 0.480 e. The third-order valence-electron chi connectivity index (χ3n) is 15.8. The number of carbonyl (C=O) groups excluding carboxylic acids is 7. The lowest BCUT2D eigenvalue weighted by atomic mass is 9.64. The van der Waals surface area contributed by atoms with E-state index in [-0.39, 0.29) is 29.8 Å². The molecule has 4 aliphatic rings. The summed E-state index contributed by atoms with van der Waals surface area (Å²) >= 11 is 0. The van der Waals surface area contributed by atoms with Crippen molar-refractivity contribution in [3.8, 4) is 17.1 Å². The van der Waals surface area contributed by atoms with Crippen LogP contribution in [0.5, 0.6) is 5.75 Å². The number of rotatable bonds is 25. The number of esters is 2. The topological polar surface area (TPSA) is 429 Å². The van der Waals surface area contributed by atoms with Gasteiger partial charge in [0.2, 0.25) is 29.2 Å². The van der Waals surface area contributed by atoms with Crippen molar-refractivity contribution in [2.75, 3.05) is 52.4 Å². The van der Waals surface area contributed by atoms with Gasteiger partial charge in [-0.1, -0.05) is 20.3 Å². The van der Waals surface area contributed by atoms with E-state index in [1.54, 1.807) is 23.1 Å². The van der Waals surface area contributed by atoms with Crippen LogP contribution < -0.4 is 31.6 Å². The van der Waals surface area contributed by atoms with Crippen LogP contribution in [0.3, 0.4) is 0 Å². The Bertz CT molecular complexity index is 3000. The number of nitrogens with one attached hydrogen (secondary N) is 4. The predicted octanol–water partition coefficient (Wildman–Crippen LogP) is -1.65. The number of aryl methyl sites for hydroxylation is 1. The molecule has 0 saturated carbocycles. The van der Waals surface area contributed by atoms with E-state index in [0.717, 1.165) is 31.5 Å². The van der Waals surface area contributed by atoms with Crippen molar-refractivity contribution < 1.29 is 97.9 Å². The zero-order chi connectivity index (χ0) is 60.5. The van der Waals surface area contributed by atoms with Gasteiger partial charge in [-0.15, -0.1) is 0 Å². The van der Waals surface area contributed by atoms with E-state index in [0.29, 0.717) is 53.5 Å². The second-order valence-corrected chi connectivity index (χ2v) is 20.8. The number of carbonyl (C=O) groups is 10. The molecule has 4 unspecified atom stereocenters. The number of aliphatic hydroxyl groups is 4. The van der Waals surface area contributed by atoms with E-state index >= 15 is 0 Å². The summed E-state index contributed by atoms with van der Waals surface area (Å²) in [6.07, 6.45) is -10.6. The van der Waals surface area contributed by atoms with Crippen molar-refractivity contribution >= 4 is 70.5 Å². The minimum atomic E-state index is -3.16. The maximum absolute atomic E-state index is 14.5. The van der Waals surface area contributed by atoms with Gasteiger partial charge >= 0.3 is 35.9 Å². The van der Waals surface area contributed by atoms with Crippen LogP contribution in [0.25, 0.3) is 22.3 Å². The number of nitrogens with zero attached hydrogens (tertiary/aromatic N) is 4. The van der Waals surface area contributed by atoms with Crippen molar-refractivity contribution in [3.63, 3.8) is 0 Å². The maximum Gasteiger partial charge on any atom is 0.415 e. The molecule has 11 N–H and O–H groups in total. The molecule has 29 heteroatoms. The number of carboxylic acids is 3. The van der Waals surface area contributed by atoms with Crippen molar-refractivity contribution in [2.45, 2.75) is 134 Å². The highest BCUT2D eigenvalue weighted by molar-refractivity contribution is 5.92. The van der Waals surface area contributed by atoms with Gasteiger partial charge in [0.1, 0.15) is 38.5 Å². The van der Waals surface area contributed by atoms with Gasteiger partial charge in [0.15, 0.2) is 0 Å². The normalized spacial score (nSPS) is 19.0. The number of amides is 5. The fourth-order valence-electron chi connectivity index (χ4n) is 11.6. The molecular formula is C54H68N8O21. The highest BCUT2D eigenvalue weighted by atomic mass is 16.6. The molecule has 1 aromatic carbocycles. The fraction of sp³-hybridized carbons (Fsp3) is 0.556. The number of aliphatic hydroxyl groups excluding tert-OH is 4. The average Bonchev–Trinajstić information content (AvgIpc) is 3.90. The van der Waals surface area contributed by atoms with Crippen LogP contribution in [-0.2, 0) is 77.8 Å². The predicted molar refractivity (Wildman–Crippen MR) is 284 cm³/mol. The summed E-state index contributed by atoms with van der Waals surface area (Å²) in [6.45, 7) is 2.08. The van der Waals surface area contributed by atoms with Crippen LogP contribution in [0.2, 0.25) is 0 Å². The van der Waals surface area contributed by atoms with Crippen molar-refractivity contribution in [1.82, 2.24) is 40.6 Å². The summed E-state index contributed by atoms with van der Waals surface area (Å²) in [5.74, 6) is -12.0. The standard InChI is InChI=1S/C54H68N8O21/c1-3-30-31-16-29(82-52(80)61-14-10-28(11-15-61)60-12-6-5-7-13-60)8-9-35(31)59-49-32(30)26-62-36(49)17-34-33(50(62)78)27-81-51(79)53(34,4-2)83-48(77)25-58-44(70)21-40(66)54(37(63)18-41(67)55-22-45(71)72,38(64)19-42(68)56-23-46(73)74)39(65)20-43(69)57-24-47(75)76/h8-9,16-17,28,37-40,63-66H,3-7,10-15,18-27H2,1-2H3,(H,55,67)(H,56,68)(H,57,69)(H,58,70)(H,71,72)(H,73,74)(H,75,76)/t37?,38?,39?,40?,53-,54?/m0/s1. The number of hydrogen-bond donors (Lipinski definition) is 11. The molecule has 2 saturated heterocycles. The number of ether oxygens (including phenoxy) is 3. The fourth-order valence-corrected chi connectivity index (χ4v) is 11.6. The van der Waals surface area contributed by atoms with E-state index < -0.39 is 159 Å². The van der Waals surface area contributed by atoms with Crippen LogP contribution in [-0.4, -0.2) is 197 Å². The molecule has 2 fully saturated rings. The second-order valence-electron chi connectivity index (χ2n) is 20.8. The zero-order valence-electron chi connectivity index (χ0n) is 45.7. The first-order chi connectivity index (χ1) is 39.4. The highest BCUT2D eigenvalue weighted by Crippen LogP contribution is 2.44. The van der Waals surface area contributed by atoms with Crippen LogP contribution in [0.4, 0.5) is 4.79 Å². The molecule has 0 spiro atoms. The van der Waals surface area contributed by atoms with Gasteiger partial charge in [0.25, 0.3) is 5.56 Å². The van der Waals surface area contributed by atoms with Crippen molar-refractivity contribution in [2.24, 2.45) is 5.41 Å². The third-order valence-corrected chi connectivity index (χ3v) is 15.8. The molecule has 83 heavy (non-hydrogen) atoms. The highest BCUT2D eigenvalue weighted by Gasteiger charge is 2.57. The Hall–Kier alpha value is -8.12. The first kappa shape index (κ1) is 62.5. The lowest BCUT2D eigenvalue weighted by Gasteiger charge is -2.47. The summed E-state index contributed by atoms with van der Waals surface area (Å²) in [5, 5.41) is 82.4. The number of pyridine rings is 2. The minimum Gasteiger partial charge on any atom is -0.480 e. The molecule has 2 aromatic heterocycles. The summed E-state index contributed by atoms with van der Waals surface area (Å²) in [7, 11) is 0. The molecule has 5 atom stereocenters. The van der Waals surface area contributed by atoms with Crippen molar-refractivity contribution in [3.05, 3.63) is 56.9 Å². The van der Waals surface area contributed by atoms with E-state index in [2.05, 4.69) is 10.2 Å². The van der Waals surface area contributed by atoms with Crippen LogP contribution in [0, 0.1) is 5.41 Å². The molecule has 3 aromatic rings. The van der Waals surface area contributed by atoms with E-state index in [1.165, 1.54) is 36.8 Å². The number of aliphatic carboxylic acids is 3.